The highest BCUT2D eigenvalue weighted by molar-refractivity contribution is 5.83. The summed E-state index contributed by atoms with van der Waals surface area (Å²) in [6.07, 6.45) is 4.17. The smallest absolute Gasteiger partial charge is 0.240 e. The second-order valence-electron chi connectivity index (χ2n) is 6.20. The monoisotopic (exact) mass is 315 g/mol. The Kier molecular flexibility index (Phi) is 5.31. The van der Waals surface area contributed by atoms with Crippen LogP contribution in [0, 0.1) is 0 Å². The molecule has 2 aromatic rings. The van der Waals surface area contributed by atoms with Gasteiger partial charge in [-0.2, -0.15) is 0 Å². The lowest BCUT2D eigenvalue weighted by molar-refractivity contribution is -0.122. The van der Waals surface area contributed by atoms with Crippen molar-refractivity contribution >= 4 is 16.8 Å². The lowest BCUT2D eigenvalue weighted by atomic mass is 10.1. The zero-order chi connectivity index (χ0) is 16.1. The predicted octanol–water partition coefficient (Wildman–Crippen LogP) is 1.87. The van der Waals surface area contributed by atoms with Crippen LogP contribution in [-0.4, -0.2) is 54.8 Å². The number of piperidine rings is 1. The number of amides is 1. The Bertz CT molecular complexity index is 653. The number of likely N-dealkylation sites (tertiary alicyclic amines) is 1. The number of rotatable bonds is 6. The number of para-hydroxylation sites is 1. The van der Waals surface area contributed by atoms with Crippen molar-refractivity contribution in [2.75, 3.05) is 33.4 Å². The van der Waals surface area contributed by atoms with E-state index in [0.717, 1.165) is 44.6 Å². The zero-order valence-corrected chi connectivity index (χ0v) is 13.7. The number of carbonyl (C=O) groups excluding carboxylic acids is 1. The standard InChI is InChI=1S/C18H25N3O2/c1-23-12-11-20-9-4-6-16(13-20)19-18(22)14-21-10-8-15-5-2-3-7-17(15)21/h2-3,5,7-8,10,16H,4,6,9,11-14H2,1H3,(H,19,22). The van der Waals surface area contributed by atoms with E-state index in [-0.39, 0.29) is 11.9 Å². The molecule has 1 aliphatic heterocycles. The number of benzene rings is 1. The van der Waals surface area contributed by atoms with Gasteiger partial charge in [0, 0.05) is 38.0 Å². The number of fused-ring (bicyclic) bond motifs is 1. The van der Waals surface area contributed by atoms with Crippen molar-refractivity contribution in [3.63, 3.8) is 0 Å². The van der Waals surface area contributed by atoms with E-state index in [4.69, 9.17) is 4.74 Å². The number of aromatic nitrogens is 1. The first kappa shape index (κ1) is 16.0. The molecule has 1 unspecified atom stereocenters. The molecule has 1 aliphatic rings. The van der Waals surface area contributed by atoms with Crippen LogP contribution >= 0.6 is 0 Å². The summed E-state index contributed by atoms with van der Waals surface area (Å²) >= 11 is 0. The van der Waals surface area contributed by atoms with Gasteiger partial charge in [0.05, 0.1) is 6.61 Å². The molecule has 0 saturated carbocycles. The minimum atomic E-state index is 0.0879. The molecule has 3 rings (SSSR count). The average Bonchev–Trinajstić information content (AvgIpc) is 2.96. The lowest BCUT2D eigenvalue weighted by Gasteiger charge is -2.33. The van der Waals surface area contributed by atoms with Crippen LogP contribution in [0.3, 0.4) is 0 Å². The Morgan fingerprint density at radius 1 is 1.35 bits per heavy atom. The Morgan fingerprint density at radius 3 is 3.09 bits per heavy atom. The second-order valence-corrected chi connectivity index (χ2v) is 6.20. The second kappa shape index (κ2) is 7.62. The summed E-state index contributed by atoms with van der Waals surface area (Å²) in [5, 5.41) is 4.36. The number of nitrogens with zero attached hydrogens (tertiary/aromatic N) is 2. The van der Waals surface area contributed by atoms with Crippen LogP contribution in [0.4, 0.5) is 0 Å². The Labute approximate surface area is 137 Å². The van der Waals surface area contributed by atoms with Crippen LogP contribution in [0.5, 0.6) is 0 Å². The fourth-order valence-electron chi connectivity index (χ4n) is 3.30. The molecule has 1 atom stereocenters. The summed E-state index contributed by atoms with van der Waals surface area (Å²) < 4.78 is 7.15. The minimum Gasteiger partial charge on any atom is -0.383 e. The van der Waals surface area contributed by atoms with Gasteiger partial charge < -0.3 is 14.6 Å². The SMILES string of the molecule is COCCN1CCCC(NC(=O)Cn2ccc3ccccc32)C1. The molecule has 1 amide bonds. The van der Waals surface area contributed by atoms with Crippen LogP contribution in [0.1, 0.15) is 12.8 Å². The molecule has 0 spiro atoms. The molecule has 0 aliphatic carbocycles. The first-order valence-electron chi connectivity index (χ1n) is 8.31. The van der Waals surface area contributed by atoms with Gasteiger partial charge >= 0.3 is 0 Å². The molecule has 5 nitrogen and oxygen atoms in total. The molecule has 2 heterocycles. The van der Waals surface area contributed by atoms with Gasteiger partial charge in [-0.15, -0.1) is 0 Å². The van der Waals surface area contributed by atoms with Gasteiger partial charge in [0.25, 0.3) is 0 Å². The predicted molar refractivity (Wildman–Crippen MR) is 91.4 cm³/mol. The summed E-state index contributed by atoms with van der Waals surface area (Å²) in [6.45, 7) is 4.07. The molecule has 23 heavy (non-hydrogen) atoms. The van der Waals surface area contributed by atoms with E-state index < -0.39 is 0 Å². The van der Waals surface area contributed by atoms with Gasteiger partial charge in [-0.25, -0.2) is 0 Å². The molecule has 1 N–H and O–H groups in total. The van der Waals surface area contributed by atoms with Crippen molar-refractivity contribution in [2.24, 2.45) is 0 Å². The van der Waals surface area contributed by atoms with Gasteiger partial charge in [-0.1, -0.05) is 18.2 Å². The Balaban J connectivity index is 1.54. The maximum Gasteiger partial charge on any atom is 0.240 e. The van der Waals surface area contributed by atoms with E-state index in [0.29, 0.717) is 6.54 Å². The highest BCUT2D eigenvalue weighted by atomic mass is 16.5. The molecule has 0 radical (unpaired) electrons. The van der Waals surface area contributed by atoms with Crippen LogP contribution in [0.15, 0.2) is 36.5 Å². The summed E-state index contributed by atoms with van der Waals surface area (Å²) in [5.74, 6) is 0.0879. The van der Waals surface area contributed by atoms with Crippen molar-refractivity contribution in [1.29, 1.82) is 0 Å². The molecule has 0 bridgehead atoms. The fourth-order valence-corrected chi connectivity index (χ4v) is 3.30. The van der Waals surface area contributed by atoms with Crippen molar-refractivity contribution in [1.82, 2.24) is 14.8 Å². The topological polar surface area (TPSA) is 46.5 Å². The first-order chi connectivity index (χ1) is 11.3. The quantitative estimate of drug-likeness (QED) is 0.885. The third-order valence-electron chi connectivity index (χ3n) is 4.48. The number of ether oxygens (including phenoxy) is 1. The van der Waals surface area contributed by atoms with E-state index in [2.05, 4.69) is 28.4 Å². The molecule has 1 fully saturated rings. The van der Waals surface area contributed by atoms with Crippen LogP contribution in [-0.2, 0) is 16.1 Å². The summed E-state index contributed by atoms with van der Waals surface area (Å²) in [4.78, 5) is 14.7. The highest BCUT2D eigenvalue weighted by Crippen LogP contribution is 2.15. The van der Waals surface area contributed by atoms with E-state index in [9.17, 15) is 4.79 Å². The van der Waals surface area contributed by atoms with Gasteiger partial charge in [0.2, 0.25) is 5.91 Å². The maximum absolute atomic E-state index is 12.4. The maximum atomic E-state index is 12.4. The number of carbonyl (C=O) groups is 1. The van der Waals surface area contributed by atoms with Gasteiger partial charge in [0.1, 0.15) is 6.54 Å². The normalized spacial score (nSPS) is 19.1. The van der Waals surface area contributed by atoms with Crippen molar-refractivity contribution in [3.05, 3.63) is 36.5 Å². The third-order valence-corrected chi connectivity index (χ3v) is 4.48. The molecule has 5 heteroatoms. The van der Waals surface area contributed by atoms with E-state index >= 15 is 0 Å². The highest BCUT2D eigenvalue weighted by Gasteiger charge is 2.21. The fraction of sp³-hybridized carbons (Fsp3) is 0.500. The third kappa shape index (κ3) is 4.12. The van der Waals surface area contributed by atoms with Crippen molar-refractivity contribution in [2.45, 2.75) is 25.4 Å². The van der Waals surface area contributed by atoms with Crippen LogP contribution < -0.4 is 5.32 Å². The van der Waals surface area contributed by atoms with E-state index in [1.807, 2.05) is 22.9 Å². The van der Waals surface area contributed by atoms with Gasteiger partial charge in [-0.3, -0.25) is 9.69 Å². The minimum absolute atomic E-state index is 0.0879. The van der Waals surface area contributed by atoms with Crippen LogP contribution in [0.2, 0.25) is 0 Å². The summed E-state index contributed by atoms with van der Waals surface area (Å²) in [5.41, 5.74) is 1.10. The van der Waals surface area contributed by atoms with E-state index in [1.165, 1.54) is 5.39 Å². The summed E-state index contributed by atoms with van der Waals surface area (Å²) in [7, 11) is 1.73. The molecular weight excluding hydrogens is 290 g/mol. The first-order valence-corrected chi connectivity index (χ1v) is 8.31. The number of nitrogens with one attached hydrogen (secondary N) is 1. The Hall–Kier alpha value is -1.85. The molecule has 1 saturated heterocycles. The van der Waals surface area contributed by atoms with Gasteiger partial charge in [0.15, 0.2) is 0 Å². The number of methoxy groups -OCH3 is 1. The average molecular weight is 315 g/mol. The van der Waals surface area contributed by atoms with Crippen molar-refractivity contribution < 1.29 is 9.53 Å². The number of hydrogen-bond acceptors (Lipinski definition) is 3. The van der Waals surface area contributed by atoms with E-state index in [1.54, 1.807) is 7.11 Å². The summed E-state index contributed by atoms with van der Waals surface area (Å²) in [6, 6.07) is 10.4. The zero-order valence-electron chi connectivity index (χ0n) is 13.7. The molecule has 124 valence electrons. The van der Waals surface area contributed by atoms with Gasteiger partial charge in [-0.05, 0) is 36.9 Å². The largest absolute Gasteiger partial charge is 0.383 e. The molecular formula is C18H25N3O2. The van der Waals surface area contributed by atoms with Crippen LogP contribution in [0.25, 0.3) is 10.9 Å². The molecule has 1 aromatic heterocycles. The number of hydrogen-bond donors (Lipinski definition) is 1. The Morgan fingerprint density at radius 2 is 2.22 bits per heavy atom. The lowest BCUT2D eigenvalue weighted by Crippen LogP contribution is -2.49. The van der Waals surface area contributed by atoms with Crippen molar-refractivity contribution in [3.8, 4) is 0 Å². The molecule has 1 aromatic carbocycles.